The van der Waals surface area contributed by atoms with Crippen molar-refractivity contribution < 1.29 is 4.74 Å². The second-order valence-corrected chi connectivity index (χ2v) is 4.38. The number of nitrogens with zero attached hydrogens (tertiary/aromatic N) is 1. The average Bonchev–Trinajstić information content (AvgIpc) is 2.65. The Hall–Kier alpha value is 0.210. The standard InChI is InChI=1S/C11H22ClNO/c1-2-3-7-14-8-6-13-5-4-11(9-12)10-13/h11H,2-10H2,1H3. The number of hydrogen-bond donors (Lipinski definition) is 0. The zero-order chi connectivity index (χ0) is 10.2. The number of halogens is 1. The highest BCUT2D eigenvalue weighted by Crippen LogP contribution is 2.16. The van der Waals surface area contributed by atoms with Gasteiger partial charge in [0, 0.05) is 25.6 Å². The normalized spacial score (nSPS) is 23.1. The summed E-state index contributed by atoms with van der Waals surface area (Å²) in [7, 11) is 0. The lowest BCUT2D eigenvalue weighted by Gasteiger charge is -2.15. The molecule has 0 aliphatic carbocycles. The quantitative estimate of drug-likeness (QED) is 0.482. The van der Waals surface area contributed by atoms with Gasteiger partial charge in [-0.3, -0.25) is 0 Å². The van der Waals surface area contributed by atoms with E-state index in [-0.39, 0.29) is 0 Å². The zero-order valence-electron chi connectivity index (χ0n) is 9.17. The Labute approximate surface area is 92.6 Å². The highest BCUT2D eigenvalue weighted by Gasteiger charge is 2.20. The Morgan fingerprint density at radius 3 is 2.93 bits per heavy atom. The van der Waals surface area contributed by atoms with Gasteiger partial charge in [-0.1, -0.05) is 13.3 Å². The molecule has 14 heavy (non-hydrogen) atoms. The minimum atomic E-state index is 0.715. The summed E-state index contributed by atoms with van der Waals surface area (Å²) < 4.78 is 5.53. The van der Waals surface area contributed by atoms with Gasteiger partial charge in [0.15, 0.2) is 0 Å². The second kappa shape index (κ2) is 7.49. The van der Waals surface area contributed by atoms with E-state index >= 15 is 0 Å². The Morgan fingerprint density at radius 2 is 2.29 bits per heavy atom. The van der Waals surface area contributed by atoms with E-state index in [1.54, 1.807) is 0 Å². The van der Waals surface area contributed by atoms with Crippen molar-refractivity contribution in [3.8, 4) is 0 Å². The Morgan fingerprint density at radius 1 is 1.43 bits per heavy atom. The molecule has 0 aromatic rings. The van der Waals surface area contributed by atoms with E-state index in [2.05, 4.69) is 11.8 Å². The van der Waals surface area contributed by atoms with Crippen molar-refractivity contribution >= 4 is 11.6 Å². The molecule has 1 fully saturated rings. The minimum absolute atomic E-state index is 0.715. The van der Waals surface area contributed by atoms with Crippen molar-refractivity contribution in [2.24, 2.45) is 5.92 Å². The first-order valence-corrected chi connectivity index (χ1v) is 6.26. The van der Waals surface area contributed by atoms with E-state index < -0.39 is 0 Å². The number of likely N-dealkylation sites (tertiary alicyclic amines) is 1. The van der Waals surface area contributed by atoms with Gasteiger partial charge in [-0.05, 0) is 25.3 Å². The molecule has 84 valence electrons. The monoisotopic (exact) mass is 219 g/mol. The van der Waals surface area contributed by atoms with Crippen molar-refractivity contribution in [1.82, 2.24) is 4.90 Å². The van der Waals surface area contributed by atoms with Crippen LogP contribution in [0.2, 0.25) is 0 Å². The van der Waals surface area contributed by atoms with Crippen LogP contribution in [-0.4, -0.2) is 43.6 Å². The molecule has 0 aromatic carbocycles. The van der Waals surface area contributed by atoms with Gasteiger partial charge in [-0.15, -0.1) is 11.6 Å². The summed E-state index contributed by atoms with van der Waals surface area (Å²) in [6.07, 6.45) is 3.67. The van der Waals surface area contributed by atoms with E-state index in [1.807, 2.05) is 0 Å². The van der Waals surface area contributed by atoms with Crippen molar-refractivity contribution in [3.05, 3.63) is 0 Å². The molecular formula is C11H22ClNO. The summed E-state index contributed by atoms with van der Waals surface area (Å²) >= 11 is 5.82. The number of rotatable bonds is 7. The van der Waals surface area contributed by atoms with Crippen LogP contribution in [-0.2, 0) is 4.74 Å². The first-order chi connectivity index (χ1) is 6.86. The number of ether oxygens (including phenoxy) is 1. The minimum Gasteiger partial charge on any atom is -0.380 e. The molecule has 1 heterocycles. The summed E-state index contributed by atoms with van der Waals surface area (Å²) in [5.74, 6) is 1.53. The summed E-state index contributed by atoms with van der Waals surface area (Å²) in [4.78, 5) is 2.46. The number of hydrogen-bond acceptors (Lipinski definition) is 2. The molecule has 1 rings (SSSR count). The van der Waals surface area contributed by atoms with Crippen LogP contribution in [0.5, 0.6) is 0 Å². The van der Waals surface area contributed by atoms with Crippen LogP contribution in [0.3, 0.4) is 0 Å². The predicted molar refractivity (Wildman–Crippen MR) is 61.0 cm³/mol. The van der Waals surface area contributed by atoms with Crippen molar-refractivity contribution in [2.75, 3.05) is 38.7 Å². The topological polar surface area (TPSA) is 12.5 Å². The van der Waals surface area contributed by atoms with Gasteiger partial charge < -0.3 is 9.64 Å². The fourth-order valence-electron chi connectivity index (χ4n) is 1.78. The fraction of sp³-hybridized carbons (Fsp3) is 1.00. The summed E-state index contributed by atoms with van der Waals surface area (Å²) in [6.45, 7) is 7.44. The van der Waals surface area contributed by atoms with Crippen LogP contribution >= 0.6 is 11.6 Å². The van der Waals surface area contributed by atoms with Gasteiger partial charge in [0.1, 0.15) is 0 Å². The van der Waals surface area contributed by atoms with Crippen molar-refractivity contribution in [1.29, 1.82) is 0 Å². The molecule has 0 amide bonds. The van der Waals surface area contributed by atoms with Crippen LogP contribution in [0.25, 0.3) is 0 Å². The van der Waals surface area contributed by atoms with Crippen molar-refractivity contribution in [2.45, 2.75) is 26.2 Å². The highest BCUT2D eigenvalue weighted by atomic mass is 35.5. The van der Waals surface area contributed by atoms with E-state index in [0.717, 1.165) is 25.6 Å². The maximum absolute atomic E-state index is 5.82. The average molecular weight is 220 g/mol. The second-order valence-electron chi connectivity index (χ2n) is 4.08. The van der Waals surface area contributed by atoms with Crippen LogP contribution in [0.15, 0.2) is 0 Å². The molecule has 1 saturated heterocycles. The summed E-state index contributed by atoms with van der Waals surface area (Å²) in [5, 5.41) is 0. The number of unbranched alkanes of at least 4 members (excludes halogenated alkanes) is 1. The molecule has 0 spiro atoms. The van der Waals surface area contributed by atoms with E-state index in [1.165, 1.54) is 32.4 Å². The van der Waals surface area contributed by atoms with Crippen LogP contribution in [0.1, 0.15) is 26.2 Å². The van der Waals surface area contributed by atoms with Gasteiger partial charge in [-0.25, -0.2) is 0 Å². The first-order valence-electron chi connectivity index (χ1n) is 5.73. The molecule has 1 unspecified atom stereocenters. The molecule has 0 bridgehead atoms. The fourth-order valence-corrected chi connectivity index (χ4v) is 2.04. The third-order valence-corrected chi connectivity index (χ3v) is 3.22. The molecule has 3 heteroatoms. The van der Waals surface area contributed by atoms with Gasteiger partial charge in [0.2, 0.25) is 0 Å². The lowest BCUT2D eigenvalue weighted by atomic mass is 10.2. The SMILES string of the molecule is CCCCOCCN1CCC(CCl)C1. The van der Waals surface area contributed by atoms with Gasteiger partial charge >= 0.3 is 0 Å². The molecule has 1 aliphatic heterocycles. The first kappa shape index (κ1) is 12.3. The van der Waals surface area contributed by atoms with Gasteiger partial charge in [0.05, 0.1) is 6.61 Å². The molecule has 0 aromatic heterocycles. The number of alkyl halides is 1. The Balaban J connectivity index is 1.92. The summed E-state index contributed by atoms with van der Waals surface area (Å²) in [5.41, 5.74) is 0. The zero-order valence-corrected chi connectivity index (χ0v) is 9.93. The molecule has 0 N–H and O–H groups in total. The van der Waals surface area contributed by atoms with Gasteiger partial charge in [-0.2, -0.15) is 0 Å². The highest BCUT2D eigenvalue weighted by molar-refractivity contribution is 6.18. The molecule has 0 radical (unpaired) electrons. The molecule has 2 nitrogen and oxygen atoms in total. The van der Waals surface area contributed by atoms with Gasteiger partial charge in [0.25, 0.3) is 0 Å². The maximum atomic E-state index is 5.82. The van der Waals surface area contributed by atoms with E-state index in [9.17, 15) is 0 Å². The molecule has 1 atom stereocenters. The lowest BCUT2D eigenvalue weighted by Crippen LogP contribution is -2.25. The third-order valence-electron chi connectivity index (χ3n) is 2.78. The lowest BCUT2D eigenvalue weighted by molar-refractivity contribution is 0.108. The van der Waals surface area contributed by atoms with Crippen LogP contribution in [0.4, 0.5) is 0 Å². The van der Waals surface area contributed by atoms with Crippen LogP contribution in [0, 0.1) is 5.92 Å². The van der Waals surface area contributed by atoms with Crippen LogP contribution < -0.4 is 0 Å². The Kier molecular flexibility index (Phi) is 6.57. The third kappa shape index (κ3) is 4.63. The molecular weight excluding hydrogens is 198 g/mol. The Bertz CT molecular complexity index is 143. The van der Waals surface area contributed by atoms with E-state index in [4.69, 9.17) is 16.3 Å². The largest absolute Gasteiger partial charge is 0.380 e. The maximum Gasteiger partial charge on any atom is 0.0593 e. The smallest absolute Gasteiger partial charge is 0.0593 e. The van der Waals surface area contributed by atoms with Crippen molar-refractivity contribution in [3.63, 3.8) is 0 Å². The molecule has 1 aliphatic rings. The predicted octanol–water partition coefficient (Wildman–Crippen LogP) is 2.36. The molecule has 0 saturated carbocycles. The summed E-state index contributed by atoms with van der Waals surface area (Å²) in [6, 6.07) is 0. The van der Waals surface area contributed by atoms with E-state index in [0.29, 0.717) is 5.92 Å².